The number of benzene rings is 1. The van der Waals surface area contributed by atoms with E-state index < -0.39 is 5.82 Å². The summed E-state index contributed by atoms with van der Waals surface area (Å²) in [6, 6.07) is 2.88. The minimum atomic E-state index is -0.536. The van der Waals surface area contributed by atoms with Crippen LogP contribution in [0.15, 0.2) is 12.1 Å². The SMILES string of the molecule is COc1cc(F)c(OC2CCC(C=O)CC2)cc1C(=O)N[C@H]1C[C@@H]2CC[C@H]1C2. The molecule has 3 aliphatic carbocycles. The predicted octanol–water partition coefficient (Wildman–Crippen LogP) is 3.89. The topological polar surface area (TPSA) is 64.6 Å². The Labute approximate surface area is 165 Å². The number of hydrogen-bond donors (Lipinski definition) is 1. The van der Waals surface area contributed by atoms with Crippen molar-refractivity contribution < 1.29 is 23.5 Å². The van der Waals surface area contributed by atoms with Crippen molar-refractivity contribution in [2.24, 2.45) is 17.8 Å². The summed E-state index contributed by atoms with van der Waals surface area (Å²) in [6.45, 7) is 0. The first-order valence-electron chi connectivity index (χ1n) is 10.4. The number of aldehydes is 1. The van der Waals surface area contributed by atoms with E-state index in [0.29, 0.717) is 24.3 Å². The lowest BCUT2D eigenvalue weighted by Crippen LogP contribution is -2.38. The monoisotopic (exact) mass is 389 g/mol. The fraction of sp³-hybridized carbons (Fsp3) is 0.636. The van der Waals surface area contributed by atoms with Crippen LogP contribution in [0.5, 0.6) is 11.5 Å². The van der Waals surface area contributed by atoms with Gasteiger partial charge in [0.05, 0.1) is 18.8 Å². The smallest absolute Gasteiger partial charge is 0.255 e. The van der Waals surface area contributed by atoms with E-state index in [-0.39, 0.29) is 35.5 Å². The van der Waals surface area contributed by atoms with Gasteiger partial charge in [-0.1, -0.05) is 6.42 Å². The van der Waals surface area contributed by atoms with Crippen LogP contribution in [0.3, 0.4) is 0 Å². The van der Waals surface area contributed by atoms with Crippen molar-refractivity contribution in [1.82, 2.24) is 5.32 Å². The molecule has 4 rings (SSSR count). The number of carbonyl (C=O) groups excluding carboxylic acids is 2. The van der Waals surface area contributed by atoms with Gasteiger partial charge in [-0.2, -0.15) is 0 Å². The highest BCUT2D eigenvalue weighted by Gasteiger charge is 2.40. The van der Waals surface area contributed by atoms with E-state index in [2.05, 4.69) is 5.32 Å². The minimum absolute atomic E-state index is 0.0728. The van der Waals surface area contributed by atoms with E-state index in [0.717, 1.165) is 31.5 Å². The summed E-state index contributed by atoms with van der Waals surface area (Å²) in [4.78, 5) is 23.8. The third-order valence-corrected chi connectivity index (χ3v) is 6.76. The van der Waals surface area contributed by atoms with Crippen molar-refractivity contribution in [2.75, 3.05) is 7.11 Å². The number of carbonyl (C=O) groups is 2. The van der Waals surface area contributed by atoms with Crippen LogP contribution >= 0.6 is 0 Å². The van der Waals surface area contributed by atoms with E-state index in [1.807, 2.05) is 0 Å². The third kappa shape index (κ3) is 3.87. The summed E-state index contributed by atoms with van der Waals surface area (Å²) >= 11 is 0. The number of amides is 1. The van der Waals surface area contributed by atoms with Gasteiger partial charge >= 0.3 is 0 Å². The van der Waals surface area contributed by atoms with E-state index in [4.69, 9.17) is 9.47 Å². The number of halogens is 1. The lowest BCUT2D eigenvalue weighted by molar-refractivity contribution is -0.112. The predicted molar refractivity (Wildman–Crippen MR) is 102 cm³/mol. The van der Waals surface area contributed by atoms with Crippen LogP contribution in [-0.2, 0) is 4.79 Å². The molecule has 0 saturated heterocycles. The van der Waals surface area contributed by atoms with Gasteiger partial charge in [0.2, 0.25) is 0 Å². The average molecular weight is 389 g/mol. The number of nitrogens with one attached hydrogen (secondary N) is 1. The highest BCUT2D eigenvalue weighted by molar-refractivity contribution is 5.97. The Morgan fingerprint density at radius 1 is 1.11 bits per heavy atom. The maximum absolute atomic E-state index is 14.5. The molecule has 1 N–H and O–H groups in total. The molecule has 3 aliphatic rings. The summed E-state index contributed by atoms with van der Waals surface area (Å²) < 4.78 is 25.6. The molecule has 1 amide bonds. The first-order chi connectivity index (χ1) is 13.6. The number of hydrogen-bond acceptors (Lipinski definition) is 4. The van der Waals surface area contributed by atoms with Gasteiger partial charge in [0.15, 0.2) is 11.6 Å². The molecule has 6 heteroatoms. The van der Waals surface area contributed by atoms with Gasteiger partial charge in [0.1, 0.15) is 12.0 Å². The molecule has 1 aromatic carbocycles. The van der Waals surface area contributed by atoms with Gasteiger partial charge in [-0.15, -0.1) is 0 Å². The molecule has 0 radical (unpaired) electrons. The molecule has 0 spiro atoms. The number of fused-ring (bicyclic) bond motifs is 2. The van der Waals surface area contributed by atoms with E-state index >= 15 is 0 Å². The van der Waals surface area contributed by atoms with Crippen LogP contribution in [0.1, 0.15) is 61.7 Å². The molecule has 28 heavy (non-hydrogen) atoms. The van der Waals surface area contributed by atoms with Gasteiger partial charge in [-0.25, -0.2) is 4.39 Å². The third-order valence-electron chi connectivity index (χ3n) is 6.76. The Bertz CT molecular complexity index is 744. The Hall–Kier alpha value is -2.11. The molecule has 0 heterocycles. The molecular formula is C22H28FNO4. The molecule has 0 unspecified atom stereocenters. The summed E-state index contributed by atoms with van der Waals surface area (Å²) in [6.07, 6.45) is 8.45. The second-order valence-electron chi connectivity index (χ2n) is 8.53. The molecule has 0 aromatic heterocycles. The molecule has 3 fully saturated rings. The maximum atomic E-state index is 14.5. The van der Waals surface area contributed by atoms with Gasteiger partial charge in [-0.05, 0) is 62.8 Å². The standard InChI is InChI=1S/C22H28FNO4/c1-27-20-11-18(23)21(28-16-6-3-13(12-25)4-7-16)10-17(20)22(26)24-19-9-14-2-5-15(19)8-14/h10-16,19H,2-9H2,1H3,(H,24,26)/t13?,14-,15+,16?,19+/m1/s1. The zero-order valence-corrected chi connectivity index (χ0v) is 16.3. The highest BCUT2D eigenvalue weighted by Crippen LogP contribution is 2.44. The van der Waals surface area contributed by atoms with Crippen molar-refractivity contribution in [1.29, 1.82) is 0 Å². The minimum Gasteiger partial charge on any atom is -0.496 e. The van der Waals surface area contributed by atoms with Crippen molar-refractivity contribution >= 4 is 12.2 Å². The Morgan fingerprint density at radius 3 is 2.50 bits per heavy atom. The van der Waals surface area contributed by atoms with Crippen LogP contribution in [0, 0.1) is 23.6 Å². The molecule has 5 nitrogen and oxygen atoms in total. The zero-order chi connectivity index (χ0) is 19.7. The Morgan fingerprint density at radius 2 is 1.89 bits per heavy atom. The Balaban J connectivity index is 1.47. The van der Waals surface area contributed by atoms with E-state index in [1.54, 1.807) is 0 Å². The van der Waals surface area contributed by atoms with Gasteiger partial charge in [0, 0.05) is 18.0 Å². The van der Waals surface area contributed by atoms with Gasteiger partial charge < -0.3 is 19.6 Å². The molecule has 3 saturated carbocycles. The van der Waals surface area contributed by atoms with Gasteiger partial charge in [0.25, 0.3) is 5.91 Å². The second kappa shape index (κ2) is 8.10. The normalized spacial score (nSPS) is 31.4. The first kappa shape index (κ1) is 19.2. The van der Waals surface area contributed by atoms with Crippen LogP contribution in [0.25, 0.3) is 0 Å². The molecule has 0 aliphatic heterocycles. The van der Waals surface area contributed by atoms with Crippen LogP contribution in [0.4, 0.5) is 4.39 Å². The molecule has 2 bridgehead atoms. The van der Waals surface area contributed by atoms with E-state index in [9.17, 15) is 14.0 Å². The van der Waals surface area contributed by atoms with Crippen LogP contribution < -0.4 is 14.8 Å². The fourth-order valence-corrected chi connectivity index (χ4v) is 5.16. The van der Waals surface area contributed by atoms with E-state index in [1.165, 1.54) is 38.5 Å². The lowest BCUT2D eigenvalue weighted by atomic mass is 9.88. The maximum Gasteiger partial charge on any atom is 0.255 e. The van der Waals surface area contributed by atoms with Crippen LogP contribution in [-0.4, -0.2) is 31.4 Å². The summed E-state index contributed by atoms with van der Waals surface area (Å²) in [7, 11) is 1.43. The number of rotatable bonds is 6. The highest BCUT2D eigenvalue weighted by atomic mass is 19.1. The lowest BCUT2D eigenvalue weighted by Gasteiger charge is -2.27. The Kier molecular flexibility index (Phi) is 5.56. The van der Waals surface area contributed by atoms with Crippen molar-refractivity contribution in [3.05, 3.63) is 23.5 Å². The largest absolute Gasteiger partial charge is 0.496 e. The first-order valence-corrected chi connectivity index (χ1v) is 10.4. The molecule has 1 aromatic rings. The van der Waals surface area contributed by atoms with Crippen molar-refractivity contribution in [3.63, 3.8) is 0 Å². The molecule has 3 atom stereocenters. The summed E-state index contributed by atoms with van der Waals surface area (Å²) in [5.74, 6) is 0.886. The van der Waals surface area contributed by atoms with Crippen molar-refractivity contribution in [3.8, 4) is 11.5 Å². The molecule has 152 valence electrons. The fourth-order valence-electron chi connectivity index (χ4n) is 5.16. The second-order valence-corrected chi connectivity index (χ2v) is 8.53. The number of ether oxygens (including phenoxy) is 2. The number of methoxy groups -OCH3 is 1. The summed E-state index contributed by atoms with van der Waals surface area (Å²) in [5, 5.41) is 3.13. The molecular weight excluding hydrogens is 361 g/mol. The van der Waals surface area contributed by atoms with Crippen molar-refractivity contribution in [2.45, 2.75) is 63.5 Å². The van der Waals surface area contributed by atoms with Gasteiger partial charge in [-0.3, -0.25) is 4.79 Å². The average Bonchev–Trinajstić information content (AvgIpc) is 3.33. The quantitative estimate of drug-likeness (QED) is 0.750. The summed E-state index contributed by atoms with van der Waals surface area (Å²) in [5.41, 5.74) is 0.309. The zero-order valence-electron chi connectivity index (χ0n) is 16.3. The van der Waals surface area contributed by atoms with Crippen LogP contribution in [0.2, 0.25) is 0 Å².